The molecule has 0 saturated carbocycles. The van der Waals surface area contributed by atoms with Crippen molar-refractivity contribution in [2.75, 3.05) is 6.54 Å². The van der Waals surface area contributed by atoms with Crippen LogP contribution in [0.25, 0.3) is 0 Å². The molecular weight excluding hydrogens is 136 g/mol. The fraction of sp³-hybridized carbons (Fsp3) is 0.800. The van der Waals surface area contributed by atoms with Gasteiger partial charge in [0, 0.05) is 6.54 Å². The van der Waals surface area contributed by atoms with E-state index in [1.807, 2.05) is 5.48 Å². The van der Waals surface area contributed by atoms with Crippen molar-refractivity contribution in [3.05, 3.63) is 0 Å². The summed E-state index contributed by atoms with van der Waals surface area (Å²) in [6, 6.07) is 0. The van der Waals surface area contributed by atoms with Gasteiger partial charge in [-0.3, -0.25) is 5.21 Å². The van der Waals surface area contributed by atoms with Crippen molar-refractivity contribution in [1.29, 1.82) is 0 Å². The smallest absolute Gasteiger partial charge is 0.190 e. The van der Waals surface area contributed by atoms with E-state index in [1.165, 1.54) is 0 Å². The van der Waals surface area contributed by atoms with Crippen molar-refractivity contribution in [2.24, 2.45) is 0 Å². The van der Waals surface area contributed by atoms with E-state index in [0.717, 1.165) is 19.4 Å². The molecule has 0 amide bonds. The van der Waals surface area contributed by atoms with Crippen LogP contribution in [0.3, 0.4) is 0 Å². The molecule has 3 N–H and O–H groups in total. The molecule has 0 unspecified atom stereocenters. The third-order valence-electron chi connectivity index (χ3n) is 0.917. The summed E-state index contributed by atoms with van der Waals surface area (Å²) in [5.41, 5.74) is 1.84. The molecule has 3 nitrogen and oxygen atoms in total. The Labute approximate surface area is 60.4 Å². The van der Waals surface area contributed by atoms with E-state index in [4.69, 9.17) is 5.21 Å². The zero-order chi connectivity index (χ0) is 7.11. The van der Waals surface area contributed by atoms with E-state index in [0.29, 0.717) is 5.11 Å². The summed E-state index contributed by atoms with van der Waals surface area (Å²) in [6.07, 6.45) is 2.20. The molecule has 54 valence electrons. The van der Waals surface area contributed by atoms with Gasteiger partial charge in [-0.25, -0.2) is 5.48 Å². The lowest BCUT2D eigenvalue weighted by Crippen LogP contribution is -2.33. The second-order valence-electron chi connectivity index (χ2n) is 1.72. The molecule has 0 aromatic carbocycles. The first-order chi connectivity index (χ1) is 4.31. The van der Waals surface area contributed by atoms with E-state index in [-0.39, 0.29) is 0 Å². The van der Waals surface area contributed by atoms with Crippen LogP contribution in [0, 0.1) is 0 Å². The van der Waals surface area contributed by atoms with E-state index in [2.05, 4.69) is 24.5 Å². The highest BCUT2D eigenvalue weighted by Gasteiger charge is 1.87. The highest BCUT2D eigenvalue weighted by Crippen LogP contribution is 1.81. The molecule has 0 saturated heterocycles. The lowest BCUT2D eigenvalue weighted by atomic mass is 10.3. The van der Waals surface area contributed by atoms with Gasteiger partial charge in [0.05, 0.1) is 0 Å². The topological polar surface area (TPSA) is 44.3 Å². The predicted octanol–water partition coefficient (Wildman–Crippen LogP) is 0.640. The molecule has 9 heavy (non-hydrogen) atoms. The summed E-state index contributed by atoms with van der Waals surface area (Å²) >= 11 is 4.60. The lowest BCUT2D eigenvalue weighted by Gasteiger charge is -2.02. The Kier molecular flexibility index (Phi) is 5.56. The van der Waals surface area contributed by atoms with Gasteiger partial charge in [0.1, 0.15) is 0 Å². The Morgan fingerprint density at radius 1 is 1.67 bits per heavy atom. The number of hydrogen-bond acceptors (Lipinski definition) is 2. The maximum absolute atomic E-state index is 8.18. The van der Waals surface area contributed by atoms with Crippen molar-refractivity contribution in [3.8, 4) is 0 Å². The van der Waals surface area contributed by atoms with Gasteiger partial charge in [0.25, 0.3) is 0 Å². The summed E-state index contributed by atoms with van der Waals surface area (Å²) in [5.74, 6) is 0. The molecule has 0 atom stereocenters. The maximum Gasteiger partial charge on any atom is 0.190 e. The zero-order valence-corrected chi connectivity index (χ0v) is 6.29. The summed E-state index contributed by atoms with van der Waals surface area (Å²) in [4.78, 5) is 0. The third-order valence-corrected chi connectivity index (χ3v) is 1.15. The molecule has 0 aliphatic rings. The van der Waals surface area contributed by atoms with Gasteiger partial charge in [-0.15, -0.1) is 0 Å². The summed E-state index contributed by atoms with van der Waals surface area (Å²) < 4.78 is 0. The Morgan fingerprint density at radius 2 is 2.33 bits per heavy atom. The van der Waals surface area contributed by atoms with E-state index >= 15 is 0 Å². The van der Waals surface area contributed by atoms with Crippen molar-refractivity contribution in [3.63, 3.8) is 0 Å². The fourth-order valence-corrected chi connectivity index (χ4v) is 0.520. The van der Waals surface area contributed by atoms with Crippen molar-refractivity contribution < 1.29 is 5.21 Å². The van der Waals surface area contributed by atoms with Crippen LogP contribution in [-0.2, 0) is 0 Å². The van der Waals surface area contributed by atoms with Gasteiger partial charge in [-0.05, 0) is 18.6 Å². The number of rotatable bonds is 3. The Bertz CT molecular complexity index is 87.0. The average molecular weight is 148 g/mol. The monoisotopic (exact) mass is 148 g/mol. The standard InChI is InChI=1S/C5H12N2OS/c1-2-3-4-6-5(9)7-8/h8H,2-4H2,1H3,(H2,6,7,9). The normalized spacial score (nSPS) is 8.67. The van der Waals surface area contributed by atoms with Crippen LogP contribution in [0.1, 0.15) is 19.8 Å². The molecule has 0 aliphatic carbocycles. The van der Waals surface area contributed by atoms with Gasteiger partial charge in [0.2, 0.25) is 0 Å². The van der Waals surface area contributed by atoms with Crippen LogP contribution in [0.15, 0.2) is 0 Å². The third kappa shape index (κ3) is 5.52. The van der Waals surface area contributed by atoms with Crippen LogP contribution in [0.2, 0.25) is 0 Å². The fourth-order valence-electron chi connectivity index (χ4n) is 0.418. The number of nitrogens with one attached hydrogen (secondary N) is 2. The van der Waals surface area contributed by atoms with E-state index in [9.17, 15) is 0 Å². The molecule has 0 aromatic rings. The Balaban J connectivity index is 2.97. The summed E-state index contributed by atoms with van der Waals surface area (Å²) in [7, 11) is 0. The number of thiocarbonyl (C=S) groups is 1. The maximum atomic E-state index is 8.18. The molecule has 0 spiro atoms. The zero-order valence-electron chi connectivity index (χ0n) is 5.48. The SMILES string of the molecule is CCCCNC(=S)NO. The van der Waals surface area contributed by atoms with Crippen LogP contribution in [-0.4, -0.2) is 16.9 Å². The number of unbranched alkanes of at least 4 members (excludes halogenated alkanes) is 1. The molecular formula is C5H12N2OS. The van der Waals surface area contributed by atoms with Gasteiger partial charge >= 0.3 is 0 Å². The number of hydroxylamine groups is 1. The lowest BCUT2D eigenvalue weighted by molar-refractivity contribution is 0.233. The van der Waals surface area contributed by atoms with Crippen LogP contribution < -0.4 is 10.8 Å². The molecule has 0 aliphatic heterocycles. The predicted molar refractivity (Wildman–Crippen MR) is 40.4 cm³/mol. The van der Waals surface area contributed by atoms with Crippen molar-refractivity contribution in [1.82, 2.24) is 10.8 Å². The minimum atomic E-state index is 0.295. The second kappa shape index (κ2) is 5.78. The molecule has 4 heteroatoms. The first-order valence-electron chi connectivity index (χ1n) is 2.99. The minimum Gasteiger partial charge on any atom is -0.361 e. The van der Waals surface area contributed by atoms with Crippen molar-refractivity contribution in [2.45, 2.75) is 19.8 Å². The second-order valence-corrected chi connectivity index (χ2v) is 2.13. The summed E-state index contributed by atoms with van der Waals surface area (Å²) in [6.45, 7) is 2.92. The highest BCUT2D eigenvalue weighted by atomic mass is 32.1. The highest BCUT2D eigenvalue weighted by molar-refractivity contribution is 7.80. The quantitative estimate of drug-likeness (QED) is 0.312. The van der Waals surface area contributed by atoms with Crippen LogP contribution in [0.5, 0.6) is 0 Å². The molecule has 0 radical (unpaired) electrons. The Morgan fingerprint density at radius 3 is 2.78 bits per heavy atom. The molecule has 0 rings (SSSR count). The molecule has 0 bridgehead atoms. The molecule has 0 fully saturated rings. The molecule has 0 heterocycles. The van der Waals surface area contributed by atoms with E-state index in [1.54, 1.807) is 0 Å². The minimum absolute atomic E-state index is 0.295. The molecule has 0 aromatic heterocycles. The van der Waals surface area contributed by atoms with Crippen LogP contribution >= 0.6 is 12.2 Å². The van der Waals surface area contributed by atoms with Gasteiger partial charge in [-0.2, -0.15) is 0 Å². The Hall–Kier alpha value is -0.350. The average Bonchev–Trinajstić information content (AvgIpc) is 1.89. The van der Waals surface area contributed by atoms with Gasteiger partial charge in [-0.1, -0.05) is 13.3 Å². The largest absolute Gasteiger partial charge is 0.361 e. The van der Waals surface area contributed by atoms with E-state index < -0.39 is 0 Å². The number of hydrogen-bond donors (Lipinski definition) is 3. The summed E-state index contributed by atoms with van der Waals surface area (Å²) in [5, 5.41) is 11.3. The van der Waals surface area contributed by atoms with Crippen LogP contribution in [0.4, 0.5) is 0 Å². The first kappa shape index (κ1) is 8.65. The van der Waals surface area contributed by atoms with Gasteiger partial charge < -0.3 is 5.32 Å². The first-order valence-corrected chi connectivity index (χ1v) is 3.40. The van der Waals surface area contributed by atoms with Crippen molar-refractivity contribution >= 4 is 17.3 Å². The van der Waals surface area contributed by atoms with Gasteiger partial charge in [0.15, 0.2) is 5.11 Å².